The molecule has 9 nitrogen and oxygen atoms in total. The molecule has 0 aliphatic rings. The van der Waals surface area contributed by atoms with Gasteiger partial charge in [-0.2, -0.15) is 0 Å². The largest absolute Gasteiger partial charge is 0.756 e. The molecule has 0 aliphatic carbocycles. The molecule has 0 saturated heterocycles. The van der Waals surface area contributed by atoms with Gasteiger partial charge in [-0.25, -0.2) is 0 Å². The molecule has 0 aromatic rings. The van der Waals surface area contributed by atoms with Gasteiger partial charge >= 0.3 is 11.9 Å². The van der Waals surface area contributed by atoms with Crippen molar-refractivity contribution in [2.75, 3.05) is 47.5 Å². The predicted molar refractivity (Wildman–Crippen MR) is 250 cm³/mol. The van der Waals surface area contributed by atoms with Gasteiger partial charge in [0.05, 0.1) is 27.7 Å². The fourth-order valence-electron chi connectivity index (χ4n) is 6.75. The van der Waals surface area contributed by atoms with Crippen molar-refractivity contribution in [2.24, 2.45) is 0 Å². The second kappa shape index (κ2) is 42.5. The number of carbonyl (C=O) groups is 2. The Morgan fingerprint density at radius 3 is 1.38 bits per heavy atom. The van der Waals surface area contributed by atoms with Crippen LogP contribution in [0.4, 0.5) is 0 Å². The van der Waals surface area contributed by atoms with Gasteiger partial charge < -0.3 is 27.9 Å². The van der Waals surface area contributed by atoms with Gasteiger partial charge in [-0.1, -0.05) is 179 Å². The van der Waals surface area contributed by atoms with Gasteiger partial charge in [0.2, 0.25) is 0 Å². The predicted octanol–water partition coefficient (Wildman–Crippen LogP) is 13.8. The highest BCUT2D eigenvalue weighted by Gasteiger charge is 2.21. The van der Waals surface area contributed by atoms with Crippen LogP contribution in [0.25, 0.3) is 0 Å². The standard InChI is InChI=1S/C50H94NO8P/c1-6-8-10-12-14-16-18-20-22-24-25-27-29-31-33-35-37-39-41-43-50(53)59-48(47-58-60(54,55)57-45-44-51(3,4)5)46-56-49(52)42-40-38-36-34-32-30-28-26-23-21-19-17-15-13-11-9-7-2/h20,22,28,30,34,36,48H,6-19,21,23-27,29,31-33,35,37-47H2,1-5H3/b22-20+,30-28+,36-34+/t48-/m1/s1. The lowest BCUT2D eigenvalue weighted by molar-refractivity contribution is -0.870. The minimum absolute atomic E-state index is 0.0369. The van der Waals surface area contributed by atoms with Crippen LogP contribution in [0.1, 0.15) is 219 Å². The molecule has 352 valence electrons. The molecule has 0 N–H and O–H groups in total. The van der Waals surface area contributed by atoms with Crippen molar-refractivity contribution in [3.63, 3.8) is 0 Å². The second-order valence-electron chi connectivity index (χ2n) is 17.8. The first kappa shape index (κ1) is 58.2. The number of ether oxygens (including phenoxy) is 2. The molecule has 10 heteroatoms. The zero-order chi connectivity index (χ0) is 44.3. The average Bonchev–Trinajstić information content (AvgIpc) is 3.20. The number of unbranched alkanes of at least 4 members (excludes halogenated alkanes) is 25. The Hall–Kier alpha value is -1.77. The minimum Gasteiger partial charge on any atom is -0.756 e. The number of phosphoric ester groups is 1. The number of likely N-dealkylation sites (N-methyl/N-ethyl adjacent to an activating group) is 1. The number of phosphoric acid groups is 1. The lowest BCUT2D eigenvalue weighted by Gasteiger charge is -2.28. The summed E-state index contributed by atoms with van der Waals surface area (Å²) in [4.78, 5) is 37.6. The van der Waals surface area contributed by atoms with Crippen LogP contribution in [0, 0.1) is 0 Å². The number of allylic oxidation sites excluding steroid dienone is 6. The molecule has 0 aromatic carbocycles. The van der Waals surface area contributed by atoms with Crippen LogP contribution < -0.4 is 4.89 Å². The van der Waals surface area contributed by atoms with Gasteiger partial charge in [0, 0.05) is 12.8 Å². The van der Waals surface area contributed by atoms with Crippen molar-refractivity contribution in [1.82, 2.24) is 0 Å². The molecule has 1 unspecified atom stereocenters. The van der Waals surface area contributed by atoms with Crippen molar-refractivity contribution in [1.29, 1.82) is 0 Å². The highest BCUT2D eigenvalue weighted by Crippen LogP contribution is 2.38. The maximum Gasteiger partial charge on any atom is 0.306 e. The van der Waals surface area contributed by atoms with Crippen LogP contribution in [0.15, 0.2) is 36.5 Å². The molecule has 0 spiro atoms. The first-order chi connectivity index (χ1) is 29.0. The van der Waals surface area contributed by atoms with Crippen LogP contribution in [0.5, 0.6) is 0 Å². The van der Waals surface area contributed by atoms with Crippen molar-refractivity contribution in [2.45, 2.75) is 225 Å². The molecule has 60 heavy (non-hydrogen) atoms. The van der Waals surface area contributed by atoms with E-state index in [0.717, 1.165) is 38.5 Å². The number of hydrogen-bond donors (Lipinski definition) is 0. The molecule has 2 atom stereocenters. The van der Waals surface area contributed by atoms with E-state index in [-0.39, 0.29) is 26.1 Å². The molecule has 0 radical (unpaired) electrons. The van der Waals surface area contributed by atoms with Crippen LogP contribution in [-0.2, 0) is 32.7 Å². The van der Waals surface area contributed by atoms with Crippen molar-refractivity contribution < 1.29 is 42.1 Å². The van der Waals surface area contributed by atoms with Gasteiger partial charge in [0.15, 0.2) is 6.10 Å². The summed E-state index contributed by atoms with van der Waals surface area (Å²) in [6.45, 7) is 4.20. The number of esters is 2. The first-order valence-electron chi connectivity index (χ1n) is 24.7. The third-order valence-corrected chi connectivity index (χ3v) is 11.6. The topological polar surface area (TPSA) is 111 Å². The lowest BCUT2D eigenvalue weighted by Crippen LogP contribution is -2.37. The van der Waals surface area contributed by atoms with Crippen LogP contribution in [-0.4, -0.2) is 70.0 Å². The van der Waals surface area contributed by atoms with E-state index in [0.29, 0.717) is 23.9 Å². The molecule has 0 aromatic heterocycles. The highest BCUT2D eigenvalue weighted by molar-refractivity contribution is 7.45. The van der Waals surface area contributed by atoms with Crippen molar-refractivity contribution in [3.8, 4) is 0 Å². The third kappa shape index (κ3) is 45.7. The van der Waals surface area contributed by atoms with E-state index < -0.39 is 32.5 Å². The number of carbonyl (C=O) groups excluding carboxylic acids is 2. The van der Waals surface area contributed by atoms with E-state index in [9.17, 15) is 19.0 Å². The highest BCUT2D eigenvalue weighted by atomic mass is 31.2. The Kier molecular flexibility index (Phi) is 41.3. The zero-order valence-electron chi connectivity index (χ0n) is 39.7. The monoisotopic (exact) mass is 868 g/mol. The first-order valence-corrected chi connectivity index (χ1v) is 26.2. The zero-order valence-corrected chi connectivity index (χ0v) is 40.6. The quantitative estimate of drug-likeness (QED) is 0.0196. The van der Waals surface area contributed by atoms with Gasteiger partial charge in [0.25, 0.3) is 7.82 Å². The van der Waals surface area contributed by atoms with E-state index in [2.05, 4.69) is 50.3 Å². The summed E-state index contributed by atoms with van der Waals surface area (Å²) in [5, 5.41) is 0. The normalized spacial score (nSPS) is 13.8. The van der Waals surface area contributed by atoms with Gasteiger partial charge in [-0.15, -0.1) is 0 Å². The molecule has 0 rings (SSSR count). The second-order valence-corrected chi connectivity index (χ2v) is 19.2. The number of quaternary nitrogens is 1. The molecule has 0 fully saturated rings. The van der Waals surface area contributed by atoms with E-state index >= 15 is 0 Å². The van der Waals surface area contributed by atoms with E-state index in [1.54, 1.807) is 0 Å². The maximum absolute atomic E-state index is 12.7. The molecular formula is C50H94NO8P. The smallest absolute Gasteiger partial charge is 0.306 e. The van der Waals surface area contributed by atoms with Gasteiger partial charge in [0.1, 0.15) is 19.8 Å². The maximum atomic E-state index is 12.7. The molecule has 0 heterocycles. The summed E-state index contributed by atoms with van der Waals surface area (Å²) >= 11 is 0. The van der Waals surface area contributed by atoms with E-state index in [1.807, 2.05) is 21.1 Å². The lowest BCUT2D eigenvalue weighted by atomic mass is 10.1. The van der Waals surface area contributed by atoms with Crippen LogP contribution in [0.3, 0.4) is 0 Å². The van der Waals surface area contributed by atoms with Crippen LogP contribution in [0.2, 0.25) is 0 Å². The number of nitrogens with zero attached hydrogens (tertiary/aromatic N) is 1. The van der Waals surface area contributed by atoms with Crippen molar-refractivity contribution in [3.05, 3.63) is 36.5 Å². The molecule has 0 saturated carbocycles. The Balaban J connectivity index is 4.33. The molecular weight excluding hydrogens is 774 g/mol. The minimum atomic E-state index is -4.64. The summed E-state index contributed by atoms with van der Waals surface area (Å²) in [7, 11) is 1.15. The SMILES string of the molecule is CCCCCCCC/C=C/CCCCCCCCCCCC(=O)O[C@H](COC(=O)CCC/C=C/C/C=C/CCCCCCCCCCC)COP(=O)([O-])OCC[N+](C)(C)C. The number of hydrogen-bond acceptors (Lipinski definition) is 8. The fourth-order valence-corrected chi connectivity index (χ4v) is 7.48. The average molecular weight is 868 g/mol. The fraction of sp³-hybridized carbons (Fsp3) is 0.840. The Bertz CT molecular complexity index is 1120. The number of rotatable bonds is 45. The van der Waals surface area contributed by atoms with Gasteiger partial charge in [-0.3, -0.25) is 14.2 Å². The van der Waals surface area contributed by atoms with Gasteiger partial charge in [-0.05, 0) is 64.2 Å². The summed E-state index contributed by atoms with van der Waals surface area (Å²) in [5.41, 5.74) is 0. The van der Waals surface area contributed by atoms with Crippen LogP contribution >= 0.6 is 7.82 Å². The Morgan fingerprint density at radius 1 is 0.517 bits per heavy atom. The van der Waals surface area contributed by atoms with E-state index in [4.69, 9.17) is 18.5 Å². The Morgan fingerprint density at radius 2 is 0.917 bits per heavy atom. The van der Waals surface area contributed by atoms with Crippen molar-refractivity contribution >= 4 is 19.8 Å². The summed E-state index contributed by atoms with van der Waals surface area (Å²) in [5.74, 6) is -0.884. The summed E-state index contributed by atoms with van der Waals surface area (Å²) in [6, 6.07) is 0. The molecule has 0 bridgehead atoms. The Labute approximate surface area is 370 Å². The molecule has 0 aliphatic heterocycles. The molecule has 0 amide bonds. The summed E-state index contributed by atoms with van der Waals surface area (Å²) in [6.07, 6.45) is 48.9. The third-order valence-electron chi connectivity index (χ3n) is 10.6. The van der Waals surface area contributed by atoms with E-state index in [1.165, 1.54) is 141 Å². The summed E-state index contributed by atoms with van der Waals surface area (Å²) < 4.78 is 33.9.